The number of hydrogen-bond acceptors (Lipinski definition) is 3. The molecule has 2 nitrogen and oxygen atoms in total. The second-order valence-electron chi connectivity index (χ2n) is 5.62. The molecule has 1 heterocycles. The molecular weight excluding hydrogens is 240 g/mol. The Hall–Kier alpha value is -1.35. The van der Waals surface area contributed by atoms with Gasteiger partial charge in [0.05, 0.1) is 5.69 Å². The molecule has 0 saturated heterocycles. The Morgan fingerprint density at radius 1 is 1.11 bits per heavy atom. The van der Waals surface area contributed by atoms with Crippen molar-refractivity contribution >= 4 is 16.5 Å². The van der Waals surface area contributed by atoms with Crippen LogP contribution in [-0.2, 0) is 18.3 Å². The van der Waals surface area contributed by atoms with E-state index in [1.807, 2.05) is 5.38 Å². The number of aryl methyl sites for hydroxylation is 2. The maximum absolute atomic E-state index is 5.62. The van der Waals surface area contributed by atoms with Gasteiger partial charge in [0.25, 0.3) is 0 Å². The number of thiazole rings is 1. The van der Waals surface area contributed by atoms with Gasteiger partial charge < -0.3 is 5.73 Å². The van der Waals surface area contributed by atoms with Gasteiger partial charge in [-0.2, -0.15) is 0 Å². The minimum Gasteiger partial charge on any atom is -0.375 e. The molecule has 0 bridgehead atoms. The molecule has 0 aliphatic carbocycles. The van der Waals surface area contributed by atoms with Crippen LogP contribution in [0.2, 0.25) is 0 Å². The molecule has 2 N–H and O–H groups in total. The van der Waals surface area contributed by atoms with E-state index < -0.39 is 0 Å². The van der Waals surface area contributed by atoms with Crippen molar-refractivity contribution in [2.75, 3.05) is 5.73 Å². The van der Waals surface area contributed by atoms with Crippen molar-refractivity contribution in [2.24, 2.45) is 0 Å². The van der Waals surface area contributed by atoms with E-state index in [1.165, 1.54) is 22.5 Å². The van der Waals surface area contributed by atoms with Crippen LogP contribution < -0.4 is 5.73 Å². The molecule has 1 aromatic carbocycles. The van der Waals surface area contributed by atoms with Crippen LogP contribution in [-0.4, -0.2) is 4.98 Å². The third-order valence-corrected chi connectivity index (χ3v) is 3.78. The van der Waals surface area contributed by atoms with Crippen LogP contribution in [0.3, 0.4) is 0 Å². The van der Waals surface area contributed by atoms with E-state index in [4.69, 9.17) is 5.73 Å². The number of nitrogen functional groups attached to an aromatic ring is 1. The molecule has 0 radical (unpaired) electrons. The van der Waals surface area contributed by atoms with Crippen molar-refractivity contribution in [3.63, 3.8) is 0 Å². The number of nitrogens with two attached hydrogens (primary N) is 1. The summed E-state index contributed by atoms with van der Waals surface area (Å²) in [5, 5.41) is 2.70. The largest absolute Gasteiger partial charge is 0.375 e. The predicted octanol–water partition coefficient (Wildman–Crippen LogP) is 3.81. The monoisotopic (exact) mass is 260 g/mol. The van der Waals surface area contributed by atoms with Crippen LogP contribution in [0.5, 0.6) is 0 Å². The predicted molar refractivity (Wildman–Crippen MR) is 79.1 cm³/mol. The van der Waals surface area contributed by atoms with Crippen molar-refractivity contribution in [3.8, 4) is 0 Å². The Morgan fingerprint density at radius 2 is 1.78 bits per heavy atom. The number of rotatable bonds is 3. The van der Waals surface area contributed by atoms with Gasteiger partial charge in [-0.1, -0.05) is 45.0 Å². The zero-order valence-electron chi connectivity index (χ0n) is 11.2. The minimum atomic E-state index is 0.224. The summed E-state index contributed by atoms with van der Waals surface area (Å²) in [6, 6.07) is 8.89. The Bertz CT molecular complexity index is 506. The van der Waals surface area contributed by atoms with Crippen LogP contribution in [0.25, 0.3) is 0 Å². The molecule has 18 heavy (non-hydrogen) atoms. The fraction of sp³-hybridized carbons (Fsp3) is 0.400. The minimum absolute atomic E-state index is 0.224. The highest BCUT2D eigenvalue weighted by Crippen LogP contribution is 2.22. The van der Waals surface area contributed by atoms with Gasteiger partial charge in [0.2, 0.25) is 0 Å². The van der Waals surface area contributed by atoms with E-state index in [9.17, 15) is 0 Å². The van der Waals surface area contributed by atoms with E-state index in [-0.39, 0.29) is 5.41 Å². The Labute approximate surface area is 113 Å². The molecule has 0 aliphatic heterocycles. The molecule has 0 atom stereocenters. The number of aromatic nitrogens is 1. The number of benzene rings is 1. The maximum atomic E-state index is 5.62. The summed E-state index contributed by atoms with van der Waals surface area (Å²) >= 11 is 1.51. The topological polar surface area (TPSA) is 38.9 Å². The second-order valence-corrected chi connectivity index (χ2v) is 6.51. The molecule has 0 saturated carbocycles. The maximum Gasteiger partial charge on any atom is 0.180 e. The van der Waals surface area contributed by atoms with Crippen molar-refractivity contribution in [3.05, 3.63) is 46.5 Å². The van der Waals surface area contributed by atoms with Gasteiger partial charge in [0, 0.05) is 5.38 Å². The first kappa shape index (κ1) is 13.1. The summed E-state index contributed by atoms with van der Waals surface area (Å²) < 4.78 is 0. The van der Waals surface area contributed by atoms with Crippen LogP contribution in [0.15, 0.2) is 29.6 Å². The van der Waals surface area contributed by atoms with Gasteiger partial charge in [-0.3, -0.25) is 0 Å². The van der Waals surface area contributed by atoms with E-state index >= 15 is 0 Å². The molecule has 3 heteroatoms. The smallest absolute Gasteiger partial charge is 0.180 e. The van der Waals surface area contributed by atoms with E-state index in [1.54, 1.807) is 0 Å². The standard InChI is InChI=1S/C15H20N2S/c1-15(2,3)12-7-4-11(5-8-12)6-9-13-10-18-14(16)17-13/h4-5,7-8,10H,6,9H2,1-3H3,(H2,16,17). The SMILES string of the molecule is CC(C)(C)c1ccc(CCc2csc(N)n2)cc1. The second kappa shape index (κ2) is 5.11. The van der Waals surface area contributed by atoms with E-state index in [0.29, 0.717) is 5.13 Å². The lowest BCUT2D eigenvalue weighted by atomic mass is 9.86. The summed E-state index contributed by atoms with van der Waals surface area (Å²) in [5.74, 6) is 0. The molecule has 96 valence electrons. The van der Waals surface area contributed by atoms with Gasteiger partial charge in [-0.05, 0) is 29.4 Å². The van der Waals surface area contributed by atoms with Crippen LogP contribution in [0.1, 0.15) is 37.6 Å². The number of anilines is 1. The van der Waals surface area contributed by atoms with Gasteiger partial charge in [0.1, 0.15) is 0 Å². The summed E-state index contributed by atoms with van der Waals surface area (Å²) in [7, 11) is 0. The molecule has 0 amide bonds. The quantitative estimate of drug-likeness (QED) is 0.911. The molecule has 1 aromatic heterocycles. The normalized spacial score (nSPS) is 11.7. The van der Waals surface area contributed by atoms with Gasteiger partial charge in [0.15, 0.2) is 5.13 Å². The lowest BCUT2D eigenvalue weighted by Crippen LogP contribution is -2.10. The highest BCUT2D eigenvalue weighted by molar-refractivity contribution is 7.13. The van der Waals surface area contributed by atoms with Crippen LogP contribution >= 0.6 is 11.3 Å². The van der Waals surface area contributed by atoms with Crippen LogP contribution in [0.4, 0.5) is 5.13 Å². The first-order valence-corrected chi connectivity index (χ1v) is 7.12. The van der Waals surface area contributed by atoms with Crippen molar-refractivity contribution in [2.45, 2.75) is 39.0 Å². The number of nitrogens with zero attached hydrogens (tertiary/aromatic N) is 1. The fourth-order valence-corrected chi connectivity index (χ4v) is 2.48. The lowest BCUT2D eigenvalue weighted by Gasteiger charge is -2.19. The summed E-state index contributed by atoms with van der Waals surface area (Å²) in [6.07, 6.45) is 1.98. The molecule has 0 fully saturated rings. The fourth-order valence-electron chi connectivity index (χ4n) is 1.88. The summed E-state index contributed by atoms with van der Waals surface area (Å²) in [4.78, 5) is 4.28. The highest BCUT2D eigenvalue weighted by Gasteiger charge is 2.12. The van der Waals surface area contributed by atoms with Gasteiger partial charge in [-0.15, -0.1) is 11.3 Å². The molecule has 0 unspecified atom stereocenters. The lowest BCUT2D eigenvalue weighted by molar-refractivity contribution is 0.590. The van der Waals surface area contributed by atoms with Gasteiger partial charge >= 0.3 is 0 Å². The first-order chi connectivity index (χ1) is 8.45. The first-order valence-electron chi connectivity index (χ1n) is 6.24. The van der Waals surface area contributed by atoms with E-state index in [2.05, 4.69) is 50.0 Å². The Balaban J connectivity index is 1.98. The molecule has 2 aromatic rings. The Morgan fingerprint density at radius 3 is 2.28 bits per heavy atom. The summed E-state index contributed by atoms with van der Waals surface area (Å²) in [5.41, 5.74) is 9.68. The molecule has 2 rings (SSSR count). The van der Waals surface area contributed by atoms with E-state index in [0.717, 1.165) is 18.5 Å². The summed E-state index contributed by atoms with van der Waals surface area (Å²) in [6.45, 7) is 6.71. The molecular formula is C15H20N2S. The Kier molecular flexibility index (Phi) is 3.71. The molecule has 0 aliphatic rings. The average Bonchev–Trinajstić information content (AvgIpc) is 2.72. The van der Waals surface area contributed by atoms with Crippen molar-refractivity contribution < 1.29 is 0 Å². The molecule has 0 spiro atoms. The number of hydrogen-bond donors (Lipinski definition) is 1. The third kappa shape index (κ3) is 3.33. The zero-order chi connectivity index (χ0) is 13.2. The third-order valence-electron chi connectivity index (χ3n) is 3.06. The van der Waals surface area contributed by atoms with Gasteiger partial charge in [-0.25, -0.2) is 4.98 Å². The van der Waals surface area contributed by atoms with Crippen molar-refractivity contribution in [1.29, 1.82) is 0 Å². The highest BCUT2D eigenvalue weighted by atomic mass is 32.1. The average molecular weight is 260 g/mol. The zero-order valence-corrected chi connectivity index (χ0v) is 12.1. The van der Waals surface area contributed by atoms with Crippen LogP contribution in [0, 0.1) is 0 Å². The van der Waals surface area contributed by atoms with Crippen molar-refractivity contribution in [1.82, 2.24) is 4.98 Å².